The molecule has 2 N–H and O–H groups in total. The van der Waals surface area contributed by atoms with Crippen LogP contribution in [0.15, 0.2) is 24.4 Å². The maximum Gasteiger partial charge on any atom is 0.123 e. The summed E-state index contributed by atoms with van der Waals surface area (Å²) in [6, 6.07) is 4.94. The van der Waals surface area contributed by atoms with E-state index in [-0.39, 0.29) is 5.82 Å². The summed E-state index contributed by atoms with van der Waals surface area (Å²) in [7, 11) is 0. The van der Waals surface area contributed by atoms with Gasteiger partial charge in [0.05, 0.1) is 0 Å². The molecule has 1 aliphatic rings. The van der Waals surface area contributed by atoms with Crippen molar-refractivity contribution in [1.82, 2.24) is 15.2 Å². The Kier molecular flexibility index (Phi) is 3.80. The molecule has 0 unspecified atom stereocenters. The maximum absolute atomic E-state index is 13.3. The van der Waals surface area contributed by atoms with Crippen LogP contribution < -0.4 is 5.32 Å². The fourth-order valence-electron chi connectivity index (χ4n) is 2.76. The zero-order chi connectivity index (χ0) is 13.1. The predicted octanol–water partition coefficient (Wildman–Crippen LogP) is 2.14. The number of nitrogens with zero attached hydrogens (tertiary/aromatic N) is 1. The quantitative estimate of drug-likeness (QED) is 0.887. The highest BCUT2D eigenvalue weighted by Crippen LogP contribution is 2.20. The molecule has 102 valence electrons. The van der Waals surface area contributed by atoms with Gasteiger partial charge >= 0.3 is 0 Å². The van der Waals surface area contributed by atoms with E-state index < -0.39 is 0 Å². The standard InChI is InChI=1S/C15H20FN3/c16-13-2-3-15-14(10-13)12(11-18-15)4-8-19-7-1-5-17-6-9-19/h2-3,10-11,17-18H,1,4-9H2. The highest BCUT2D eigenvalue weighted by atomic mass is 19.1. The topological polar surface area (TPSA) is 31.1 Å². The Balaban J connectivity index is 1.69. The third-order valence-electron chi connectivity index (χ3n) is 3.86. The molecule has 0 amide bonds. The summed E-state index contributed by atoms with van der Waals surface area (Å²) in [5, 5.41) is 4.43. The normalized spacial score (nSPS) is 17.7. The van der Waals surface area contributed by atoms with Gasteiger partial charge in [-0.2, -0.15) is 0 Å². The summed E-state index contributed by atoms with van der Waals surface area (Å²) < 4.78 is 13.3. The van der Waals surface area contributed by atoms with E-state index in [0.717, 1.165) is 50.0 Å². The van der Waals surface area contributed by atoms with E-state index in [9.17, 15) is 4.39 Å². The molecule has 0 atom stereocenters. The van der Waals surface area contributed by atoms with Crippen LogP contribution in [0.2, 0.25) is 0 Å². The molecular weight excluding hydrogens is 241 g/mol. The van der Waals surface area contributed by atoms with E-state index >= 15 is 0 Å². The first-order valence-corrected chi connectivity index (χ1v) is 7.01. The van der Waals surface area contributed by atoms with Gasteiger partial charge in [0.1, 0.15) is 5.82 Å². The molecule has 1 aliphatic heterocycles. The lowest BCUT2D eigenvalue weighted by atomic mass is 10.1. The van der Waals surface area contributed by atoms with Gasteiger partial charge < -0.3 is 15.2 Å². The number of aromatic nitrogens is 1. The second-order valence-corrected chi connectivity index (χ2v) is 5.20. The van der Waals surface area contributed by atoms with Crippen molar-refractivity contribution in [3.8, 4) is 0 Å². The number of aromatic amines is 1. The lowest BCUT2D eigenvalue weighted by Gasteiger charge is -2.18. The van der Waals surface area contributed by atoms with Crippen LogP contribution in [0, 0.1) is 5.82 Å². The molecule has 3 nitrogen and oxygen atoms in total. The second-order valence-electron chi connectivity index (χ2n) is 5.20. The summed E-state index contributed by atoms with van der Waals surface area (Å²) in [4.78, 5) is 5.70. The van der Waals surface area contributed by atoms with Crippen molar-refractivity contribution in [3.05, 3.63) is 35.8 Å². The summed E-state index contributed by atoms with van der Waals surface area (Å²) >= 11 is 0. The Bertz CT molecular complexity index is 541. The van der Waals surface area contributed by atoms with Crippen LogP contribution in [0.3, 0.4) is 0 Å². The van der Waals surface area contributed by atoms with Crippen LogP contribution in [0.1, 0.15) is 12.0 Å². The Labute approximate surface area is 112 Å². The van der Waals surface area contributed by atoms with Gasteiger partial charge in [0.25, 0.3) is 0 Å². The Hall–Kier alpha value is -1.39. The third-order valence-corrected chi connectivity index (χ3v) is 3.86. The van der Waals surface area contributed by atoms with E-state index in [0.29, 0.717) is 0 Å². The van der Waals surface area contributed by atoms with Gasteiger partial charge in [-0.3, -0.25) is 0 Å². The molecule has 4 heteroatoms. The molecule has 3 rings (SSSR count). The molecule has 0 bridgehead atoms. The number of hydrogen-bond donors (Lipinski definition) is 2. The Morgan fingerprint density at radius 3 is 3.11 bits per heavy atom. The zero-order valence-electron chi connectivity index (χ0n) is 11.1. The van der Waals surface area contributed by atoms with Gasteiger partial charge in [0.15, 0.2) is 0 Å². The summed E-state index contributed by atoms with van der Waals surface area (Å²) in [6.07, 6.45) is 4.20. The largest absolute Gasteiger partial charge is 0.361 e. The number of fused-ring (bicyclic) bond motifs is 1. The van der Waals surface area contributed by atoms with Crippen molar-refractivity contribution in [2.24, 2.45) is 0 Å². The number of halogens is 1. The lowest BCUT2D eigenvalue weighted by Crippen LogP contribution is -2.30. The number of benzene rings is 1. The van der Waals surface area contributed by atoms with E-state index in [1.54, 1.807) is 6.07 Å². The number of H-pyrrole nitrogens is 1. The molecule has 1 saturated heterocycles. The number of nitrogens with one attached hydrogen (secondary N) is 2. The molecule has 2 aromatic rings. The van der Waals surface area contributed by atoms with E-state index in [2.05, 4.69) is 15.2 Å². The van der Waals surface area contributed by atoms with E-state index in [1.807, 2.05) is 12.3 Å². The molecule has 2 heterocycles. The Morgan fingerprint density at radius 1 is 1.21 bits per heavy atom. The number of rotatable bonds is 3. The molecule has 0 saturated carbocycles. The molecule has 1 fully saturated rings. The second kappa shape index (κ2) is 5.72. The highest BCUT2D eigenvalue weighted by Gasteiger charge is 2.10. The first kappa shape index (κ1) is 12.6. The minimum Gasteiger partial charge on any atom is -0.361 e. The molecule has 19 heavy (non-hydrogen) atoms. The molecule has 1 aromatic heterocycles. The fraction of sp³-hybridized carbons (Fsp3) is 0.467. The predicted molar refractivity (Wildman–Crippen MR) is 75.9 cm³/mol. The van der Waals surface area contributed by atoms with Crippen LogP contribution in [0.4, 0.5) is 4.39 Å². The summed E-state index contributed by atoms with van der Waals surface area (Å²) in [5.74, 6) is -0.160. The van der Waals surface area contributed by atoms with Crippen LogP contribution in [0.25, 0.3) is 10.9 Å². The summed E-state index contributed by atoms with van der Waals surface area (Å²) in [6.45, 7) is 5.50. The van der Waals surface area contributed by atoms with Gasteiger partial charge in [-0.05, 0) is 49.7 Å². The Morgan fingerprint density at radius 2 is 2.16 bits per heavy atom. The van der Waals surface area contributed by atoms with Crippen molar-refractivity contribution in [1.29, 1.82) is 0 Å². The molecular formula is C15H20FN3. The SMILES string of the molecule is Fc1ccc2[nH]cc(CCN3CCCNCC3)c2c1. The first-order valence-electron chi connectivity index (χ1n) is 7.01. The monoisotopic (exact) mass is 261 g/mol. The first-order chi connectivity index (χ1) is 9.33. The van der Waals surface area contributed by atoms with E-state index in [4.69, 9.17) is 0 Å². The highest BCUT2D eigenvalue weighted by molar-refractivity contribution is 5.83. The van der Waals surface area contributed by atoms with Gasteiger partial charge in [-0.1, -0.05) is 0 Å². The molecule has 1 aromatic carbocycles. The minimum absolute atomic E-state index is 0.160. The molecule has 0 aliphatic carbocycles. The minimum atomic E-state index is -0.160. The van der Waals surface area contributed by atoms with Crippen LogP contribution in [-0.4, -0.2) is 42.6 Å². The van der Waals surface area contributed by atoms with Gasteiger partial charge in [0, 0.05) is 36.7 Å². The lowest BCUT2D eigenvalue weighted by molar-refractivity contribution is 0.296. The van der Waals surface area contributed by atoms with Crippen molar-refractivity contribution in [2.75, 3.05) is 32.7 Å². The average Bonchev–Trinajstić information content (AvgIpc) is 2.63. The van der Waals surface area contributed by atoms with Crippen molar-refractivity contribution in [2.45, 2.75) is 12.8 Å². The maximum atomic E-state index is 13.3. The van der Waals surface area contributed by atoms with Crippen molar-refractivity contribution in [3.63, 3.8) is 0 Å². The smallest absolute Gasteiger partial charge is 0.123 e. The number of hydrogen-bond acceptors (Lipinski definition) is 2. The fourth-order valence-corrected chi connectivity index (χ4v) is 2.76. The summed E-state index contributed by atoms with van der Waals surface area (Å²) in [5.41, 5.74) is 2.24. The van der Waals surface area contributed by atoms with Gasteiger partial charge in [-0.15, -0.1) is 0 Å². The van der Waals surface area contributed by atoms with Crippen molar-refractivity contribution < 1.29 is 4.39 Å². The van der Waals surface area contributed by atoms with Crippen LogP contribution >= 0.6 is 0 Å². The van der Waals surface area contributed by atoms with Gasteiger partial charge in [0.2, 0.25) is 0 Å². The van der Waals surface area contributed by atoms with Crippen LogP contribution in [0.5, 0.6) is 0 Å². The van der Waals surface area contributed by atoms with Gasteiger partial charge in [-0.25, -0.2) is 4.39 Å². The van der Waals surface area contributed by atoms with E-state index in [1.165, 1.54) is 18.1 Å². The average molecular weight is 261 g/mol. The molecule has 0 radical (unpaired) electrons. The molecule has 0 spiro atoms. The third kappa shape index (κ3) is 2.96. The van der Waals surface area contributed by atoms with Crippen LogP contribution in [-0.2, 0) is 6.42 Å². The zero-order valence-corrected chi connectivity index (χ0v) is 11.1. The van der Waals surface area contributed by atoms with Crippen molar-refractivity contribution >= 4 is 10.9 Å².